The predicted octanol–water partition coefficient (Wildman–Crippen LogP) is 2.54. The molecule has 0 aliphatic carbocycles. The first-order chi connectivity index (χ1) is 8.58. The molecular weight excluding hydrogens is 274 g/mol. The van der Waals surface area contributed by atoms with Gasteiger partial charge in [0.15, 0.2) is 4.77 Å². The fourth-order valence-electron chi connectivity index (χ4n) is 1.29. The van der Waals surface area contributed by atoms with E-state index in [2.05, 4.69) is 15.0 Å². The summed E-state index contributed by atoms with van der Waals surface area (Å²) < 4.78 is 0.0485. The van der Waals surface area contributed by atoms with E-state index in [1.54, 1.807) is 24.3 Å². The molecule has 18 heavy (non-hydrogen) atoms. The molecule has 0 bridgehead atoms. The van der Waals surface area contributed by atoms with Crippen LogP contribution in [0.3, 0.4) is 0 Å². The third kappa shape index (κ3) is 2.66. The molecule has 0 radical (unpaired) electrons. The van der Waals surface area contributed by atoms with Crippen LogP contribution in [0.4, 0.5) is 5.69 Å². The molecule has 7 heteroatoms. The second kappa shape index (κ2) is 5.16. The SMILES string of the molecule is O=c1[nH]c(=S)[nH]c(O)c1C=Nc1ccccc1Cl. The molecule has 0 saturated carbocycles. The lowest BCUT2D eigenvalue weighted by Gasteiger charge is -1.98. The molecule has 0 atom stereocenters. The monoisotopic (exact) mass is 281 g/mol. The molecule has 1 aromatic heterocycles. The van der Waals surface area contributed by atoms with Crippen molar-refractivity contribution in [3.05, 3.63) is 50.0 Å². The van der Waals surface area contributed by atoms with Crippen LogP contribution in [0.1, 0.15) is 5.56 Å². The van der Waals surface area contributed by atoms with Gasteiger partial charge in [-0.15, -0.1) is 0 Å². The van der Waals surface area contributed by atoms with Gasteiger partial charge in [0.2, 0.25) is 5.88 Å². The number of aromatic amines is 2. The fourth-order valence-corrected chi connectivity index (χ4v) is 1.67. The van der Waals surface area contributed by atoms with Crippen molar-refractivity contribution in [1.82, 2.24) is 9.97 Å². The van der Waals surface area contributed by atoms with E-state index in [1.165, 1.54) is 6.21 Å². The quantitative estimate of drug-likeness (QED) is 0.584. The van der Waals surface area contributed by atoms with E-state index < -0.39 is 5.56 Å². The summed E-state index contributed by atoms with van der Waals surface area (Å²) >= 11 is 10.6. The molecule has 0 saturated heterocycles. The predicted molar refractivity (Wildman–Crippen MR) is 72.6 cm³/mol. The topological polar surface area (TPSA) is 81.2 Å². The van der Waals surface area contributed by atoms with Gasteiger partial charge in [0.05, 0.1) is 10.7 Å². The molecule has 5 nitrogen and oxygen atoms in total. The van der Waals surface area contributed by atoms with Gasteiger partial charge in [0.25, 0.3) is 5.56 Å². The fraction of sp³-hybridized carbons (Fsp3) is 0. The van der Waals surface area contributed by atoms with Gasteiger partial charge in [-0.3, -0.25) is 14.8 Å². The van der Waals surface area contributed by atoms with E-state index in [-0.39, 0.29) is 16.2 Å². The Balaban J connectivity index is 2.45. The number of aromatic hydroxyl groups is 1. The highest BCUT2D eigenvalue weighted by atomic mass is 35.5. The standard InChI is InChI=1S/C11H8ClN3O2S/c12-7-3-1-2-4-8(7)13-5-6-9(16)14-11(18)15-10(6)17/h1-5H,(H3,14,15,16,17,18). The molecule has 0 fully saturated rings. The third-order valence-corrected chi connectivity index (χ3v) is 2.67. The van der Waals surface area contributed by atoms with E-state index in [4.69, 9.17) is 23.8 Å². The molecule has 0 spiro atoms. The van der Waals surface area contributed by atoms with E-state index >= 15 is 0 Å². The minimum atomic E-state index is -0.521. The number of nitrogens with zero attached hydrogens (tertiary/aromatic N) is 1. The van der Waals surface area contributed by atoms with Gasteiger partial charge in [-0.25, -0.2) is 0 Å². The van der Waals surface area contributed by atoms with Crippen LogP contribution in [0, 0.1) is 4.77 Å². The molecule has 2 rings (SSSR count). The van der Waals surface area contributed by atoms with Crippen molar-refractivity contribution >= 4 is 35.7 Å². The van der Waals surface area contributed by atoms with E-state index in [0.717, 1.165) is 0 Å². The van der Waals surface area contributed by atoms with Crippen molar-refractivity contribution in [3.63, 3.8) is 0 Å². The maximum absolute atomic E-state index is 11.5. The number of rotatable bonds is 2. The van der Waals surface area contributed by atoms with E-state index in [9.17, 15) is 9.90 Å². The van der Waals surface area contributed by atoms with Crippen molar-refractivity contribution in [2.24, 2.45) is 4.99 Å². The van der Waals surface area contributed by atoms with Gasteiger partial charge in [-0.1, -0.05) is 23.7 Å². The average Bonchev–Trinajstić information content (AvgIpc) is 2.30. The molecule has 1 aromatic carbocycles. The van der Waals surface area contributed by atoms with Crippen LogP contribution in [0.2, 0.25) is 5.02 Å². The van der Waals surface area contributed by atoms with Gasteiger partial charge in [0, 0.05) is 6.21 Å². The van der Waals surface area contributed by atoms with Gasteiger partial charge in [0.1, 0.15) is 5.56 Å². The van der Waals surface area contributed by atoms with E-state index in [0.29, 0.717) is 10.7 Å². The summed E-state index contributed by atoms with van der Waals surface area (Å²) in [6.45, 7) is 0. The van der Waals surface area contributed by atoms with Crippen LogP contribution in [0.25, 0.3) is 0 Å². The molecule has 3 N–H and O–H groups in total. The Labute approximate surface area is 112 Å². The molecule has 0 unspecified atom stereocenters. The summed E-state index contributed by atoms with van der Waals surface area (Å²) in [6.07, 6.45) is 1.22. The first-order valence-electron chi connectivity index (χ1n) is 4.92. The molecular formula is C11H8ClN3O2S. The third-order valence-electron chi connectivity index (χ3n) is 2.14. The number of para-hydroxylation sites is 1. The van der Waals surface area contributed by atoms with Crippen molar-refractivity contribution in [2.45, 2.75) is 0 Å². The zero-order chi connectivity index (χ0) is 13.1. The molecule has 0 aliphatic heterocycles. The minimum absolute atomic E-state index is 0.0106. The van der Waals surface area contributed by atoms with Crippen molar-refractivity contribution in [1.29, 1.82) is 0 Å². The van der Waals surface area contributed by atoms with Gasteiger partial charge >= 0.3 is 0 Å². The zero-order valence-corrected chi connectivity index (χ0v) is 10.5. The Morgan fingerprint density at radius 3 is 2.72 bits per heavy atom. The Kier molecular flexibility index (Phi) is 3.59. The van der Waals surface area contributed by atoms with Crippen molar-refractivity contribution in [2.75, 3.05) is 0 Å². The Morgan fingerprint density at radius 2 is 2.06 bits per heavy atom. The Bertz CT molecular complexity index is 721. The van der Waals surface area contributed by atoms with Crippen LogP contribution >= 0.6 is 23.8 Å². The second-order valence-electron chi connectivity index (χ2n) is 3.38. The van der Waals surface area contributed by atoms with Crippen LogP contribution in [-0.4, -0.2) is 21.3 Å². The highest BCUT2D eigenvalue weighted by Crippen LogP contribution is 2.23. The summed E-state index contributed by atoms with van der Waals surface area (Å²) in [5, 5.41) is 10.0. The van der Waals surface area contributed by atoms with Crippen molar-refractivity contribution in [3.8, 4) is 5.88 Å². The van der Waals surface area contributed by atoms with Crippen LogP contribution in [0.15, 0.2) is 34.1 Å². The summed E-state index contributed by atoms with van der Waals surface area (Å²) in [5.74, 6) is -0.334. The second-order valence-corrected chi connectivity index (χ2v) is 4.20. The molecule has 1 heterocycles. The first-order valence-corrected chi connectivity index (χ1v) is 5.70. The lowest BCUT2D eigenvalue weighted by Crippen LogP contribution is -2.13. The minimum Gasteiger partial charge on any atom is -0.494 e. The average molecular weight is 282 g/mol. The Hall–Kier alpha value is -1.92. The van der Waals surface area contributed by atoms with Gasteiger partial charge in [-0.05, 0) is 24.4 Å². The van der Waals surface area contributed by atoms with Crippen molar-refractivity contribution < 1.29 is 5.11 Å². The van der Waals surface area contributed by atoms with Crippen LogP contribution in [0.5, 0.6) is 5.88 Å². The Morgan fingerprint density at radius 1 is 1.33 bits per heavy atom. The molecule has 0 aliphatic rings. The normalized spacial score (nSPS) is 10.9. The zero-order valence-electron chi connectivity index (χ0n) is 8.98. The number of benzene rings is 1. The van der Waals surface area contributed by atoms with Crippen LogP contribution < -0.4 is 5.56 Å². The smallest absolute Gasteiger partial charge is 0.264 e. The first kappa shape index (κ1) is 12.5. The number of halogens is 1. The number of aromatic nitrogens is 2. The molecule has 92 valence electrons. The lowest BCUT2D eigenvalue weighted by atomic mass is 10.3. The number of hydrogen-bond donors (Lipinski definition) is 3. The number of aliphatic imine (C=N–C) groups is 1. The summed E-state index contributed by atoms with van der Waals surface area (Å²) in [5.41, 5.74) is -0.0315. The molecule has 0 amide bonds. The summed E-state index contributed by atoms with van der Waals surface area (Å²) in [7, 11) is 0. The largest absolute Gasteiger partial charge is 0.494 e. The highest BCUT2D eigenvalue weighted by Gasteiger charge is 2.04. The number of hydrogen-bond acceptors (Lipinski definition) is 4. The highest BCUT2D eigenvalue weighted by molar-refractivity contribution is 7.71. The summed E-state index contributed by atoms with van der Waals surface area (Å²) in [6, 6.07) is 6.90. The van der Waals surface area contributed by atoms with Crippen LogP contribution in [-0.2, 0) is 0 Å². The maximum atomic E-state index is 11.5. The van der Waals surface area contributed by atoms with E-state index in [1.807, 2.05) is 0 Å². The number of nitrogens with one attached hydrogen (secondary N) is 2. The summed E-state index contributed by atoms with van der Waals surface area (Å²) in [4.78, 5) is 20.3. The van der Waals surface area contributed by atoms with Gasteiger partial charge < -0.3 is 10.1 Å². The van der Waals surface area contributed by atoms with Gasteiger partial charge in [-0.2, -0.15) is 0 Å². The maximum Gasteiger partial charge on any atom is 0.264 e. The lowest BCUT2D eigenvalue weighted by molar-refractivity contribution is 0.449. The number of H-pyrrole nitrogens is 2. The molecule has 2 aromatic rings.